The Hall–Kier alpha value is -3.79. The van der Waals surface area contributed by atoms with E-state index in [1.807, 2.05) is 39.5 Å². The zero-order chi connectivity index (χ0) is 36.0. The molecular weight excluding hydrogens is 634 g/mol. The maximum absolute atomic E-state index is 14.2. The van der Waals surface area contributed by atoms with Crippen LogP contribution in [0.3, 0.4) is 0 Å². The number of carbonyl (C=O) groups excluding carboxylic acids is 3. The molecule has 3 aliphatic rings. The molecule has 3 atom stereocenters. The highest BCUT2D eigenvalue weighted by molar-refractivity contribution is 5.95. The maximum atomic E-state index is 14.2. The zero-order valence-electron chi connectivity index (χ0n) is 31.1. The third-order valence-electron chi connectivity index (χ3n) is 10.1. The molecule has 3 amide bonds. The summed E-state index contributed by atoms with van der Waals surface area (Å²) < 4.78 is 22.4. The molecule has 2 fully saturated rings. The Morgan fingerprint density at radius 3 is 2.24 bits per heavy atom. The molecule has 0 bridgehead atoms. The summed E-state index contributed by atoms with van der Waals surface area (Å²) in [6, 6.07) is 13.9. The molecule has 1 aliphatic heterocycles. The SMILES string of the molecule is COCCCOc1cc(C(=O)N(C[C@@H]2CN(C(=O)OC(C)(C)C)C[C@H]2CN(C(=O)[C@@H]2CCc3ccccc3C2)C2CC2)C(C)C)ccc1OC. The van der Waals surface area contributed by atoms with Gasteiger partial charge < -0.3 is 33.6 Å². The first-order chi connectivity index (χ1) is 23.9. The van der Waals surface area contributed by atoms with Gasteiger partial charge in [-0.15, -0.1) is 0 Å². The van der Waals surface area contributed by atoms with Gasteiger partial charge in [-0.05, 0) is 96.0 Å². The van der Waals surface area contributed by atoms with Crippen molar-refractivity contribution < 1.29 is 33.3 Å². The van der Waals surface area contributed by atoms with Crippen molar-refractivity contribution in [2.75, 3.05) is 53.6 Å². The Morgan fingerprint density at radius 1 is 0.900 bits per heavy atom. The van der Waals surface area contributed by atoms with Crippen molar-refractivity contribution in [1.29, 1.82) is 0 Å². The molecule has 10 heteroatoms. The van der Waals surface area contributed by atoms with E-state index in [9.17, 15) is 14.4 Å². The Labute approximate surface area is 298 Å². The van der Waals surface area contributed by atoms with Gasteiger partial charge >= 0.3 is 6.09 Å². The molecule has 50 heavy (non-hydrogen) atoms. The molecular formula is C40H57N3O7. The van der Waals surface area contributed by atoms with Crippen molar-refractivity contribution in [3.8, 4) is 11.5 Å². The number of ether oxygens (including phenoxy) is 4. The highest BCUT2D eigenvalue weighted by Gasteiger charge is 2.44. The fourth-order valence-corrected chi connectivity index (χ4v) is 7.28. The van der Waals surface area contributed by atoms with Crippen molar-refractivity contribution in [2.45, 2.75) is 90.8 Å². The van der Waals surface area contributed by atoms with Crippen molar-refractivity contribution in [3.05, 3.63) is 59.2 Å². The summed E-state index contributed by atoms with van der Waals surface area (Å²) in [7, 11) is 3.23. The highest BCUT2D eigenvalue weighted by atomic mass is 16.6. The van der Waals surface area contributed by atoms with Gasteiger partial charge in [0.1, 0.15) is 5.60 Å². The number of likely N-dealkylation sites (tertiary alicyclic amines) is 1. The van der Waals surface area contributed by atoms with E-state index in [0.29, 0.717) is 62.9 Å². The summed E-state index contributed by atoms with van der Waals surface area (Å²) in [5.41, 5.74) is 2.50. The van der Waals surface area contributed by atoms with Crippen LogP contribution in [-0.4, -0.2) is 104 Å². The summed E-state index contributed by atoms with van der Waals surface area (Å²) in [5.74, 6) is 1.09. The summed E-state index contributed by atoms with van der Waals surface area (Å²) in [6.45, 7) is 12.6. The van der Waals surface area contributed by atoms with Crippen LogP contribution in [0.25, 0.3) is 0 Å². The van der Waals surface area contributed by atoms with Gasteiger partial charge in [0.2, 0.25) is 5.91 Å². The van der Waals surface area contributed by atoms with Crippen LogP contribution in [-0.2, 0) is 27.1 Å². The number of carbonyl (C=O) groups is 3. The van der Waals surface area contributed by atoms with Gasteiger partial charge in [0, 0.05) is 81.7 Å². The van der Waals surface area contributed by atoms with Gasteiger partial charge in [0.15, 0.2) is 11.5 Å². The summed E-state index contributed by atoms with van der Waals surface area (Å²) in [4.78, 5) is 47.6. The third kappa shape index (κ3) is 9.50. The van der Waals surface area contributed by atoms with Crippen LogP contribution in [0, 0.1) is 17.8 Å². The van der Waals surface area contributed by atoms with Crippen LogP contribution in [0.1, 0.15) is 81.8 Å². The maximum Gasteiger partial charge on any atom is 0.410 e. The van der Waals surface area contributed by atoms with E-state index in [1.54, 1.807) is 37.3 Å². The minimum absolute atomic E-state index is 0.00691. The van der Waals surface area contributed by atoms with E-state index in [1.165, 1.54) is 11.1 Å². The average molecular weight is 692 g/mol. The molecule has 5 rings (SSSR count). The Morgan fingerprint density at radius 2 is 1.60 bits per heavy atom. The molecule has 0 spiro atoms. The van der Waals surface area contributed by atoms with Crippen LogP contribution in [0.4, 0.5) is 4.79 Å². The molecule has 0 N–H and O–H groups in total. The topological polar surface area (TPSA) is 97.9 Å². The Bertz CT molecular complexity index is 1480. The predicted molar refractivity (Wildman–Crippen MR) is 193 cm³/mol. The zero-order valence-corrected chi connectivity index (χ0v) is 31.1. The number of methoxy groups -OCH3 is 2. The van der Waals surface area contributed by atoms with Crippen molar-refractivity contribution in [3.63, 3.8) is 0 Å². The highest BCUT2D eigenvalue weighted by Crippen LogP contribution is 2.36. The van der Waals surface area contributed by atoms with Crippen molar-refractivity contribution >= 4 is 17.9 Å². The van der Waals surface area contributed by atoms with Crippen LogP contribution in [0.5, 0.6) is 11.5 Å². The van der Waals surface area contributed by atoms with E-state index in [0.717, 1.165) is 32.1 Å². The fraction of sp³-hybridized carbons (Fsp3) is 0.625. The molecule has 0 aromatic heterocycles. The van der Waals surface area contributed by atoms with E-state index >= 15 is 0 Å². The second-order valence-corrected chi connectivity index (χ2v) is 15.4. The van der Waals surface area contributed by atoms with Crippen molar-refractivity contribution in [1.82, 2.24) is 14.7 Å². The molecule has 0 radical (unpaired) electrons. The van der Waals surface area contributed by atoms with E-state index < -0.39 is 5.60 Å². The number of rotatable bonds is 14. The second kappa shape index (κ2) is 16.5. The van der Waals surface area contributed by atoms with E-state index in [-0.39, 0.29) is 47.7 Å². The van der Waals surface area contributed by atoms with Gasteiger partial charge in [-0.3, -0.25) is 9.59 Å². The summed E-state index contributed by atoms with van der Waals surface area (Å²) in [6.07, 6.45) is 4.91. The number of hydrogen-bond donors (Lipinski definition) is 0. The minimum atomic E-state index is -0.629. The third-order valence-corrected chi connectivity index (χ3v) is 10.1. The first-order valence-electron chi connectivity index (χ1n) is 18.3. The summed E-state index contributed by atoms with van der Waals surface area (Å²) >= 11 is 0. The van der Waals surface area contributed by atoms with Gasteiger partial charge in [0.05, 0.1) is 13.7 Å². The Kier molecular flexibility index (Phi) is 12.4. The fourth-order valence-electron chi connectivity index (χ4n) is 7.28. The Balaban J connectivity index is 1.36. The standard InChI is InChI=1S/C40H57N3O7/c1-27(2)42(37(44)31-15-18-35(48-7)36(22-31)49-20-10-19-47-6)25-32-23-41(39(46)50-40(3,4)5)24-33(32)26-43(34-16-17-34)38(45)30-14-13-28-11-8-9-12-29(28)21-30/h8-9,11-12,15,18,22,27,30,32-34H,10,13-14,16-17,19-21,23-26H2,1-7H3/t30-,32+,33+/m1/s1. The quantitative estimate of drug-likeness (QED) is 0.217. The number of amides is 3. The molecule has 1 heterocycles. The number of hydrogen-bond acceptors (Lipinski definition) is 7. The van der Waals surface area contributed by atoms with Gasteiger partial charge in [-0.1, -0.05) is 24.3 Å². The van der Waals surface area contributed by atoms with Crippen LogP contribution < -0.4 is 9.47 Å². The predicted octanol–water partition coefficient (Wildman–Crippen LogP) is 6.24. The molecule has 0 unspecified atom stereocenters. The minimum Gasteiger partial charge on any atom is -0.493 e. The number of aryl methyl sites for hydroxylation is 1. The van der Waals surface area contributed by atoms with E-state index in [2.05, 4.69) is 29.2 Å². The normalized spacial score (nSPS) is 20.3. The molecule has 2 aliphatic carbocycles. The lowest BCUT2D eigenvalue weighted by Crippen LogP contribution is -2.46. The largest absolute Gasteiger partial charge is 0.493 e. The van der Waals surface area contributed by atoms with Crippen molar-refractivity contribution in [2.24, 2.45) is 17.8 Å². The lowest BCUT2D eigenvalue weighted by Gasteiger charge is -2.35. The number of nitrogens with zero attached hydrogens (tertiary/aromatic N) is 3. The molecule has 10 nitrogen and oxygen atoms in total. The van der Waals surface area contributed by atoms with E-state index in [4.69, 9.17) is 18.9 Å². The molecule has 1 saturated carbocycles. The van der Waals surface area contributed by atoms with Gasteiger partial charge in [-0.25, -0.2) is 4.79 Å². The van der Waals surface area contributed by atoms with Crippen LogP contribution in [0.15, 0.2) is 42.5 Å². The molecule has 274 valence electrons. The smallest absolute Gasteiger partial charge is 0.410 e. The van der Waals surface area contributed by atoms with Crippen LogP contribution in [0.2, 0.25) is 0 Å². The number of benzene rings is 2. The van der Waals surface area contributed by atoms with Crippen LogP contribution >= 0.6 is 0 Å². The molecule has 2 aromatic carbocycles. The first kappa shape index (κ1) is 37.5. The summed E-state index contributed by atoms with van der Waals surface area (Å²) in [5, 5.41) is 0. The monoisotopic (exact) mass is 691 g/mol. The average Bonchev–Trinajstić information content (AvgIpc) is 3.85. The lowest BCUT2D eigenvalue weighted by atomic mass is 9.83. The van der Waals surface area contributed by atoms with Gasteiger partial charge in [0.25, 0.3) is 5.91 Å². The van der Waals surface area contributed by atoms with Gasteiger partial charge in [-0.2, -0.15) is 0 Å². The second-order valence-electron chi connectivity index (χ2n) is 15.4. The lowest BCUT2D eigenvalue weighted by molar-refractivity contribution is -0.137. The first-order valence-corrected chi connectivity index (χ1v) is 18.3. The molecule has 2 aromatic rings. The molecule has 1 saturated heterocycles. The number of fused-ring (bicyclic) bond motifs is 1.